The highest BCUT2D eigenvalue weighted by Crippen LogP contribution is 2.39. The molecule has 0 saturated heterocycles. The summed E-state index contributed by atoms with van der Waals surface area (Å²) in [4.78, 5) is 8.97. The zero-order valence-corrected chi connectivity index (χ0v) is 12.1. The molecule has 0 atom stereocenters. The molecule has 5 nitrogen and oxygen atoms in total. The Morgan fingerprint density at radius 3 is 2.68 bits per heavy atom. The second-order valence-corrected chi connectivity index (χ2v) is 5.66. The van der Waals surface area contributed by atoms with Gasteiger partial charge in [0.15, 0.2) is 0 Å². The van der Waals surface area contributed by atoms with Gasteiger partial charge >= 0.3 is 0 Å². The van der Waals surface area contributed by atoms with E-state index in [-0.39, 0.29) is 0 Å². The fourth-order valence-corrected chi connectivity index (χ4v) is 1.98. The first-order chi connectivity index (χ1) is 9.11. The highest BCUT2D eigenvalue weighted by molar-refractivity contribution is 5.48. The van der Waals surface area contributed by atoms with Crippen LogP contribution >= 0.6 is 0 Å². The van der Waals surface area contributed by atoms with Crippen molar-refractivity contribution in [1.82, 2.24) is 9.97 Å². The van der Waals surface area contributed by atoms with E-state index in [9.17, 15) is 0 Å². The van der Waals surface area contributed by atoms with Crippen LogP contribution in [-0.2, 0) is 0 Å². The molecule has 1 aromatic heterocycles. The minimum atomic E-state index is 0.491. The topological polar surface area (TPSA) is 73.1 Å². The molecular weight excluding hydrogens is 240 g/mol. The lowest BCUT2D eigenvalue weighted by molar-refractivity contribution is 0.284. The van der Waals surface area contributed by atoms with Gasteiger partial charge in [-0.25, -0.2) is 10.8 Å². The van der Waals surface area contributed by atoms with E-state index in [1.54, 1.807) is 0 Å². The zero-order valence-electron chi connectivity index (χ0n) is 12.1. The van der Waals surface area contributed by atoms with Gasteiger partial charge in [0.1, 0.15) is 11.6 Å². The molecule has 0 spiro atoms. The summed E-state index contributed by atoms with van der Waals surface area (Å²) in [6.45, 7) is 7.07. The van der Waals surface area contributed by atoms with Crippen molar-refractivity contribution in [3.8, 4) is 5.88 Å². The smallest absolute Gasteiger partial charge is 0.221 e. The van der Waals surface area contributed by atoms with Crippen molar-refractivity contribution >= 4 is 5.82 Å². The fourth-order valence-electron chi connectivity index (χ4n) is 1.98. The summed E-state index contributed by atoms with van der Waals surface area (Å²) in [5, 5.41) is 0. The van der Waals surface area contributed by atoms with E-state index in [1.807, 2.05) is 6.92 Å². The molecule has 5 heteroatoms. The molecule has 1 aliphatic rings. The number of hydrazine groups is 1. The molecule has 1 aliphatic carbocycles. The third-order valence-corrected chi connectivity index (χ3v) is 3.36. The van der Waals surface area contributed by atoms with Crippen LogP contribution in [0.3, 0.4) is 0 Å². The number of ether oxygens (including phenoxy) is 1. The van der Waals surface area contributed by atoms with Gasteiger partial charge in [0.05, 0.1) is 12.2 Å². The largest absolute Gasteiger partial charge is 0.477 e. The number of hydrogen-bond donors (Lipinski definition) is 2. The molecule has 0 aromatic carbocycles. The lowest BCUT2D eigenvalue weighted by Gasteiger charge is -2.13. The Hall–Kier alpha value is -1.36. The first kappa shape index (κ1) is 14.1. The molecule has 1 saturated carbocycles. The number of nitrogen functional groups attached to an aromatic ring is 1. The van der Waals surface area contributed by atoms with E-state index >= 15 is 0 Å². The van der Waals surface area contributed by atoms with Crippen LogP contribution in [0.15, 0.2) is 0 Å². The van der Waals surface area contributed by atoms with E-state index in [1.165, 1.54) is 19.3 Å². The zero-order chi connectivity index (χ0) is 13.8. The van der Waals surface area contributed by atoms with Gasteiger partial charge < -0.3 is 10.2 Å². The molecule has 0 radical (unpaired) electrons. The Morgan fingerprint density at radius 1 is 1.37 bits per heavy atom. The average molecular weight is 264 g/mol. The van der Waals surface area contributed by atoms with Crippen molar-refractivity contribution in [2.45, 2.75) is 52.4 Å². The summed E-state index contributed by atoms with van der Waals surface area (Å²) in [6, 6.07) is 0. The number of anilines is 1. The maximum Gasteiger partial charge on any atom is 0.221 e. The quantitative estimate of drug-likeness (QED) is 0.450. The molecule has 3 N–H and O–H groups in total. The SMILES string of the molecule is Cc1c(NN)nc(C2CC2)nc1OCCCC(C)C. The third-order valence-electron chi connectivity index (χ3n) is 3.36. The van der Waals surface area contributed by atoms with E-state index in [2.05, 4.69) is 29.2 Å². The number of nitrogens with two attached hydrogens (primary N) is 1. The maximum atomic E-state index is 5.80. The first-order valence-electron chi connectivity index (χ1n) is 7.09. The van der Waals surface area contributed by atoms with E-state index in [0.717, 1.165) is 17.8 Å². The van der Waals surface area contributed by atoms with Crippen LogP contribution in [0.4, 0.5) is 5.82 Å². The molecule has 0 bridgehead atoms. The molecule has 1 heterocycles. The van der Waals surface area contributed by atoms with Crippen LogP contribution in [0.5, 0.6) is 5.88 Å². The number of hydrogen-bond acceptors (Lipinski definition) is 5. The molecule has 0 aliphatic heterocycles. The van der Waals surface area contributed by atoms with Gasteiger partial charge in [-0.05, 0) is 38.5 Å². The summed E-state index contributed by atoms with van der Waals surface area (Å²) in [6.07, 6.45) is 4.55. The van der Waals surface area contributed by atoms with Crippen molar-refractivity contribution in [3.05, 3.63) is 11.4 Å². The summed E-state index contributed by atoms with van der Waals surface area (Å²) in [7, 11) is 0. The van der Waals surface area contributed by atoms with E-state index in [0.29, 0.717) is 30.1 Å². The summed E-state index contributed by atoms with van der Waals surface area (Å²) < 4.78 is 5.80. The van der Waals surface area contributed by atoms with Crippen molar-refractivity contribution in [2.75, 3.05) is 12.0 Å². The molecule has 0 unspecified atom stereocenters. The van der Waals surface area contributed by atoms with Crippen molar-refractivity contribution in [2.24, 2.45) is 11.8 Å². The lowest BCUT2D eigenvalue weighted by atomic mass is 10.1. The van der Waals surface area contributed by atoms with Gasteiger partial charge in [0, 0.05) is 5.92 Å². The molecule has 1 fully saturated rings. The first-order valence-corrected chi connectivity index (χ1v) is 7.09. The lowest BCUT2D eigenvalue weighted by Crippen LogP contribution is -2.14. The average Bonchev–Trinajstić information content (AvgIpc) is 3.20. The maximum absolute atomic E-state index is 5.80. The highest BCUT2D eigenvalue weighted by Gasteiger charge is 2.28. The molecule has 1 aromatic rings. The summed E-state index contributed by atoms with van der Waals surface area (Å²) in [5.74, 6) is 8.92. The predicted octanol–water partition coefficient (Wildman–Crippen LogP) is 2.76. The number of nitrogens with zero attached hydrogens (tertiary/aromatic N) is 2. The minimum Gasteiger partial charge on any atom is -0.477 e. The van der Waals surface area contributed by atoms with Crippen molar-refractivity contribution < 1.29 is 4.74 Å². The van der Waals surface area contributed by atoms with Gasteiger partial charge in [0.25, 0.3) is 0 Å². The Bertz CT molecular complexity index is 430. The van der Waals surface area contributed by atoms with Crippen LogP contribution in [0.25, 0.3) is 0 Å². The standard InChI is InChI=1S/C14H24N4O/c1-9(2)5-4-8-19-14-10(3)12(18-15)16-13(17-14)11-6-7-11/h9,11H,4-8,15H2,1-3H3,(H,16,17,18). The molecule has 19 heavy (non-hydrogen) atoms. The van der Waals surface area contributed by atoms with Gasteiger partial charge in [0.2, 0.25) is 5.88 Å². The summed E-state index contributed by atoms with van der Waals surface area (Å²) in [5.41, 5.74) is 3.52. The number of rotatable bonds is 7. The van der Waals surface area contributed by atoms with Crippen LogP contribution < -0.4 is 16.0 Å². The van der Waals surface area contributed by atoms with Crippen LogP contribution in [0, 0.1) is 12.8 Å². The second-order valence-electron chi connectivity index (χ2n) is 5.66. The Labute approximate surface area is 114 Å². The van der Waals surface area contributed by atoms with Crippen LogP contribution in [0.2, 0.25) is 0 Å². The van der Waals surface area contributed by atoms with Gasteiger partial charge in [-0.3, -0.25) is 0 Å². The summed E-state index contributed by atoms with van der Waals surface area (Å²) >= 11 is 0. The van der Waals surface area contributed by atoms with Gasteiger partial charge in [-0.2, -0.15) is 4.98 Å². The van der Waals surface area contributed by atoms with Crippen LogP contribution in [0.1, 0.15) is 56.8 Å². The molecular formula is C14H24N4O. The predicted molar refractivity (Wildman–Crippen MR) is 76.1 cm³/mol. The molecule has 0 amide bonds. The van der Waals surface area contributed by atoms with E-state index < -0.39 is 0 Å². The van der Waals surface area contributed by atoms with Crippen LogP contribution in [-0.4, -0.2) is 16.6 Å². The van der Waals surface area contributed by atoms with E-state index in [4.69, 9.17) is 10.6 Å². The molecule has 2 rings (SSSR count). The minimum absolute atomic E-state index is 0.491. The fraction of sp³-hybridized carbons (Fsp3) is 0.714. The highest BCUT2D eigenvalue weighted by atomic mass is 16.5. The number of nitrogens with one attached hydrogen (secondary N) is 1. The number of aromatic nitrogens is 2. The molecule has 106 valence electrons. The normalized spacial score (nSPS) is 14.8. The van der Waals surface area contributed by atoms with Crippen molar-refractivity contribution in [3.63, 3.8) is 0 Å². The Morgan fingerprint density at radius 2 is 2.11 bits per heavy atom. The Kier molecular flexibility index (Phi) is 4.58. The monoisotopic (exact) mass is 264 g/mol. The van der Waals surface area contributed by atoms with Gasteiger partial charge in [-0.15, -0.1) is 0 Å². The third kappa shape index (κ3) is 3.80. The Balaban J connectivity index is 2.03. The second kappa shape index (κ2) is 6.19. The van der Waals surface area contributed by atoms with Crippen molar-refractivity contribution in [1.29, 1.82) is 0 Å². The van der Waals surface area contributed by atoms with Gasteiger partial charge in [-0.1, -0.05) is 13.8 Å².